The Morgan fingerprint density at radius 1 is 1.50 bits per heavy atom. The first kappa shape index (κ1) is 10.3. The lowest BCUT2D eigenvalue weighted by Gasteiger charge is -1.99. The van der Waals surface area contributed by atoms with E-state index in [0.29, 0.717) is 0 Å². The summed E-state index contributed by atoms with van der Waals surface area (Å²) in [6.45, 7) is 1.96. The van der Waals surface area contributed by atoms with Crippen molar-refractivity contribution in [2.45, 2.75) is 13.3 Å². The monoisotopic (exact) mass is 194 g/mol. The van der Waals surface area contributed by atoms with Crippen LogP contribution >= 0.6 is 0 Å². The molecule has 0 atom stereocenters. The Kier molecular flexibility index (Phi) is 3.72. The van der Waals surface area contributed by atoms with Crippen molar-refractivity contribution >= 4 is 11.8 Å². The highest BCUT2D eigenvalue weighted by Gasteiger charge is 2.13. The van der Waals surface area contributed by atoms with Crippen molar-refractivity contribution in [1.82, 2.24) is 10.2 Å². The molecule has 0 amide bonds. The van der Waals surface area contributed by atoms with Crippen LogP contribution in [-0.4, -0.2) is 28.6 Å². The number of ketones is 1. The van der Waals surface area contributed by atoms with Gasteiger partial charge in [-0.15, -0.1) is 5.10 Å². The Balaban J connectivity index is 2.55. The van der Waals surface area contributed by atoms with Gasteiger partial charge in [0.1, 0.15) is 12.1 Å². The predicted molar refractivity (Wildman–Crippen MR) is 47.6 cm³/mol. The van der Waals surface area contributed by atoms with Crippen molar-refractivity contribution in [2.24, 2.45) is 0 Å². The van der Waals surface area contributed by atoms with Crippen LogP contribution in [0.1, 0.15) is 23.8 Å². The molecule has 0 aromatic carbocycles. The average molecular weight is 194 g/mol. The minimum absolute atomic E-state index is 0.181. The summed E-state index contributed by atoms with van der Waals surface area (Å²) in [6.07, 6.45) is 1.17. The van der Waals surface area contributed by atoms with Crippen molar-refractivity contribution in [2.75, 3.05) is 6.61 Å². The number of ether oxygens (including phenoxy) is 1. The van der Waals surface area contributed by atoms with E-state index in [9.17, 15) is 9.59 Å². The Bertz CT molecular complexity index is 324. The van der Waals surface area contributed by atoms with E-state index in [0.717, 1.165) is 0 Å². The molecular formula is C9H10N2O3. The Morgan fingerprint density at radius 3 is 2.86 bits per heavy atom. The first-order chi connectivity index (χ1) is 6.74. The van der Waals surface area contributed by atoms with Gasteiger partial charge in [-0.25, -0.2) is 0 Å². The summed E-state index contributed by atoms with van der Waals surface area (Å²) in [7, 11) is 0. The normalized spacial score (nSPS) is 9.50. The van der Waals surface area contributed by atoms with Gasteiger partial charge in [0.05, 0.1) is 6.61 Å². The van der Waals surface area contributed by atoms with Crippen LogP contribution in [-0.2, 0) is 9.53 Å². The summed E-state index contributed by atoms with van der Waals surface area (Å²) in [5.74, 6) is -0.917. The molecule has 0 spiro atoms. The zero-order valence-corrected chi connectivity index (χ0v) is 7.77. The molecule has 1 aromatic heterocycles. The number of carbonyl (C=O) groups excluding carboxylic acids is 2. The number of Topliss-reactive ketones (excluding diaryl/α,β-unsaturated/α-hetero) is 1. The van der Waals surface area contributed by atoms with Gasteiger partial charge in [0.2, 0.25) is 0 Å². The van der Waals surface area contributed by atoms with E-state index >= 15 is 0 Å². The maximum absolute atomic E-state index is 11.3. The zero-order valence-electron chi connectivity index (χ0n) is 7.77. The van der Waals surface area contributed by atoms with E-state index in [1.54, 1.807) is 13.0 Å². The molecule has 5 nitrogen and oxygen atoms in total. The number of rotatable bonds is 4. The largest absolute Gasteiger partial charge is 0.466 e. The van der Waals surface area contributed by atoms with Gasteiger partial charge in [0, 0.05) is 6.20 Å². The quantitative estimate of drug-likeness (QED) is 0.399. The number of hydrogen-bond donors (Lipinski definition) is 0. The lowest BCUT2D eigenvalue weighted by molar-refractivity contribution is -0.141. The molecule has 0 unspecified atom stereocenters. The molecule has 1 rings (SSSR count). The number of aromatic nitrogens is 2. The van der Waals surface area contributed by atoms with E-state index in [1.165, 1.54) is 12.3 Å². The number of hydrogen-bond acceptors (Lipinski definition) is 5. The SMILES string of the molecule is CCOC(=O)CC(=O)c1cccnn1. The first-order valence-corrected chi connectivity index (χ1v) is 4.20. The number of esters is 1. The van der Waals surface area contributed by atoms with Crippen molar-refractivity contribution in [3.8, 4) is 0 Å². The van der Waals surface area contributed by atoms with Crippen LogP contribution < -0.4 is 0 Å². The fourth-order valence-corrected chi connectivity index (χ4v) is 0.884. The maximum atomic E-state index is 11.3. The molecule has 0 fully saturated rings. The van der Waals surface area contributed by atoms with Gasteiger partial charge < -0.3 is 4.74 Å². The van der Waals surface area contributed by atoms with Crippen molar-refractivity contribution in [3.63, 3.8) is 0 Å². The standard InChI is InChI=1S/C9H10N2O3/c1-2-14-9(13)6-8(12)7-4-3-5-10-11-7/h3-5H,2,6H2,1H3. The van der Waals surface area contributed by atoms with Gasteiger partial charge in [-0.1, -0.05) is 0 Å². The smallest absolute Gasteiger partial charge is 0.313 e. The van der Waals surface area contributed by atoms with Crippen LogP contribution in [0.4, 0.5) is 0 Å². The second kappa shape index (κ2) is 5.06. The molecule has 14 heavy (non-hydrogen) atoms. The fourth-order valence-electron chi connectivity index (χ4n) is 0.884. The maximum Gasteiger partial charge on any atom is 0.313 e. The second-order valence-electron chi connectivity index (χ2n) is 2.51. The van der Waals surface area contributed by atoms with Gasteiger partial charge in [-0.05, 0) is 19.1 Å². The molecule has 0 aliphatic rings. The summed E-state index contributed by atoms with van der Waals surface area (Å²) in [5, 5.41) is 7.12. The van der Waals surface area contributed by atoms with E-state index in [4.69, 9.17) is 0 Å². The van der Waals surface area contributed by atoms with E-state index < -0.39 is 5.97 Å². The van der Waals surface area contributed by atoms with Crippen LogP contribution in [0.25, 0.3) is 0 Å². The third-order valence-electron chi connectivity index (χ3n) is 1.47. The minimum atomic E-state index is -0.539. The molecule has 0 saturated carbocycles. The van der Waals surface area contributed by atoms with Crippen LogP contribution in [0, 0.1) is 0 Å². The summed E-state index contributed by atoms with van der Waals surface area (Å²) in [6, 6.07) is 3.10. The highest BCUT2D eigenvalue weighted by Crippen LogP contribution is 1.98. The molecule has 0 aliphatic heterocycles. The van der Waals surface area contributed by atoms with E-state index in [1.807, 2.05) is 0 Å². The summed E-state index contributed by atoms with van der Waals surface area (Å²) < 4.78 is 4.63. The topological polar surface area (TPSA) is 69.2 Å². The highest BCUT2D eigenvalue weighted by atomic mass is 16.5. The zero-order chi connectivity index (χ0) is 10.4. The number of nitrogens with zero attached hydrogens (tertiary/aromatic N) is 2. The first-order valence-electron chi connectivity index (χ1n) is 4.20. The summed E-state index contributed by atoms with van der Waals surface area (Å²) in [4.78, 5) is 22.3. The molecule has 0 saturated heterocycles. The second-order valence-corrected chi connectivity index (χ2v) is 2.51. The van der Waals surface area contributed by atoms with Gasteiger partial charge >= 0.3 is 5.97 Å². The molecule has 0 bridgehead atoms. The van der Waals surface area contributed by atoms with Crippen molar-refractivity contribution in [1.29, 1.82) is 0 Å². The predicted octanol–water partition coefficient (Wildman–Crippen LogP) is 0.613. The Labute approximate surface area is 81.1 Å². The van der Waals surface area contributed by atoms with Crippen molar-refractivity contribution in [3.05, 3.63) is 24.0 Å². The molecule has 0 N–H and O–H groups in total. The minimum Gasteiger partial charge on any atom is -0.466 e. The Hall–Kier alpha value is -1.78. The van der Waals surface area contributed by atoms with Gasteiger partial charge in [-0.2, -0.15) is 5.10 Å². The molecule has 0 aliphatic carbocycles. The lowest BCUT2D eigenvalue weighted by Crippen LogP contribution is -2.12. The van der Waals surface area contributed by atoms with Crippen LogP contribution in [0.3, 0.4) is 0 Å². The van der Waals surface area contributed by atoms with Gasteiger partial charge in [-0.3, -0.25) is 9.59 Å². The van der Waals surface area contributed by atoms with Gasteiger partial charge in [0.15, 0.2) is 5.78 Å². The molecule has 74 valence electrons. The molecule has 5 heteroatoms. The van der Waals surface area contributed by atoms with Crippen molar-refractivity contribution < 1.29 is 14.3 Å². The Morgan fingerprint density at radius 2 is 2.29 bits per heavy atom. The molecular weight excluding hydrogens is 184 g/mol. The lowest BCUT2D eigenvalue weighted by atomic mass is 10.2. The van der Waals surface area contributed by atoms with Crippen LogP contribution in [0.15, 0.2) is 18.3 Å². The molecule has 1 heterocycles. The van der Waals surface area contributed by atoms with Crippen LogP contribution in [0.5, 0.6) is 0 Å². The third-order valence-corrected chi connectivity index (χ3v) is 1.47. The number of carbonyl (C=O) groups is 2. The van der Waals surface area contributed by atoms with Crippen LogP contribution in [0.2, 0.25) is 0 Å². The third kappa shape index (κ3) is 2.93. The average Bonchev–Trinajstić information content (AvgIpc) is 2.19. The van der Waals surface area contributed by atoms with Gasteiger partial charge in [0.25, 0.3) is 0 Å². The molecule has 1 aromatic rings. The van der Waals surface area contributed by atoms with E-state index in [-0.39, 0.29) is 24.5 Å². The highest BCUT2D eigenvalue weighted by molar-refractivity contribution is 6.04. The fraction of sp³-hybridized carbons (Fsp3) is 0.333. The van der Waals surface area contributed by atoms with E-state index in [2.05, 4.69) is 14.9 Å². The summed E-state index contributed by atoms with van der Waals surface area (Å²) >= 11 is 0. The molecule has 0 radical (unpaired) electrons. The summed E-state index contributed by atoms with van der Waals surface area (Å²) in [5.41, 5.74) is 0.181.